The summed E-state index contributed by atoms with van der Waals surface area (Å²) >= 11 is 7.40. The highest BCUT2D eigenvalue weighted by Crippen LogP contribution is 2.33. The summed E-state index contributed by atoms with van der Waals surface area (Å²) in [4.78, 5) is 31.6. The Balaban J connectivity index is 1.72. The molecule has 1 unspecified atom stereocenters. The largest absolute Gasteiger partial charge is 0.495 e. The van der Waals surface area contributed by atoms with Crippen molar-refractivity contribution in [3.8, 4) is 17.2 Å². The first kappa shape index (κ1) is 26.4. The van der Waals surface area contributed by atoms with Gasteiger partial charge in [0.25, 0.3) is 5.56 Å². The van der Waals surface area contributed by atoms with Gasteiger partial charge in [0, 0.05) is 11.8 Å². The van der Waals surface area contributed by atoms with Crippen molar-refractivity contribution in [1.82, 2.24) is 9.55 Å². The van der Waals surface area contributed by atoms with Gasteiger partial charge in [-0.15, -0.1) is 0 Å². The number of carbonyl (C=O) groups excluding carboxylic acids is 1. The van der Waals surface area contributed by atoms with Crippen molar-refractivity contribution >= 4 is 45.9 Å². The van der Waals surface area contributed by atoms with Crippen molar-refractivity contribution in [2.45, 2.75) is 30.3 Å². The van der Waals surface area contributed by atoms with Gasteiger partial charge >= 0.3 is 0 Å². The number of benzene rings is 2. The standard InChI is InChI=1S/C26H26ClN3O6S/c1-5-23(24(31)28-15-8-9-20(33-2)18(27)11-15)37-26-29-19-13-22(35-4)21(34-3)12-17(19)25(32)30(26)14-16-7-6-10-36-16/h6-13,23H,5,14H2,1-4H3,(H,28,31). The Kier molecular flexibility index (Phi) is 8.30. The first-order valence-electron chi connectivity index (χ1n) is 11.4. The second-order valence-corrected chi connectivity index (χ2v) is 9.52. The van der Waals surface area contributed by atoms with Crippen LogP contribution in [0.4, 0.5) is 5.69 Å². The molecule has 0 saturated heterocycles. The van der Waals surface area contributed by atoms with Crippen LogP contribution in [0.25, 0.3) is 10.9 Å². The molecular weight excluding hydrogens is 518 g/mol. The van der Waals surface area contributed by atoms with Crippen LogP contribution in [0.15, 0.2) is 63.1 Å². The predicted octanol–water partition coefficient (Wildman–Crippen LogP) is 5.23. The molecule has 2 aromatic heterocycles. The molecule has 0 aliphatic carbocycles. The van der Waals surface area contributed by atoms with Crippen LogP contribution < -0.4 is 25.1 Å². The fourth-order valence-electron chi connectivity index (χ4n) is 3.73. The minimum absolute atomic E-state index is 0.150. The Labute approximate surface area is 222 Å². The monoisotopic (exact) mass is 543 g/mol. The zero-order chi connectivity index (χ0) is 26.5. The highest BCUT2D eigenvalue weighted by Gasteiger charge is 2.24. The number of anilines is 1. The number of thioether (sulfide) groups is 1. The van der Waals surface area contributed by atoms with Crippen LogP contribution in [0, 0.1) is 0 Å². The van der Waals surface area contributed by atoms with Gasteiger partial charge in [-0.1, -0.05) is 30.3 Å². The Morgan fingerprint density at radius 2 is 1.84 bits per heavy atom. The van der Waals surface area contributed by atoms with Crippen molar-refractivity contribution in [2.24, 2.45) is 0 Å². The molecular formula is C26H26ClN3O6S. The molecule has 1 N–H and O–H groups in total. The van der Waals surface area contributed by atoms with Gasteiger partial charge < -0.3 is 23.9 Å². The molecule has 0 bridgehead atoms. The summed E-state index contributed by atoms with van der Waals surface area (Å²) < 4.78 is 22.9. The molecule has 11 heteroatoms. The SMILES string of the molecule is CCC(Sc1nc2cc(OC)c(OC)cc2c(=O)n1Cc1ccco1)C(=O)Nc1ccc(OC)c(Cl)c1. The average Bonchev–Trinajstić information content (AvgIpc) is 3.42. The van der Waals surface area contributed by atoms with Crippen molar-refractivity contribution in [2.75, 3.05) is 26.6 Å². The molecule has 0 radical (unpaired) electrons. The molecule has 0 aliphatic rings. The van der Waals surface area contributed by atoms with E-state index in [2.05, 4.69) is 5.32 Å². The lowest BCUT2D eigenvalue weighted by Crippen LogP contribution is -2.28. The Hall–Kier alpha value is -3.63. The third-order valence-corrected chi connectivity index (χ3v) is 7.30. The van der Waals surface area contributed by atoms with E-state index in [1.165, 1.54) is 43.9 Å². The molecule has 0 spiro atoms. The number of methoxy groups -OCH3 is 3. The van der Waals surface area contributed by atoms with E-state index in [9.17, 15) is 9.59 Å². The summed E-state index contributed by atoms with van der Waals surface area (Å²) in [5.74, 6) is 1.71. The van der Waals surface area contributed by atoms with Gasteiger partial charge in [0.1, 0.15) is 11.5 Å². The third kappa shape index (κ3) is 5.70. The Morgan fingerprint density at radius 1 is 1.11 bits per heavy atom. The average molecular weight is 544 g/mol. The maximum atomic E-state index is 13.6. The van der Waals surface area contributed by atoms with Gasteiger partial charge in [0.2, 0.25) is 5.91 Å². The highest BCUT2D eigenvalue weighted by molar-refractivity contribution is 8.00. The Morgan fingerprint density at radius 3 is 2.46 bits per heavy atom. The molecule has 194 valence electrons. The number of nitrogens with one attached hydrogen (secondary N) is 1. The number of furan rings is 1. The minimum Gasteiger partial charge on any atom is -0.495 e. The number of hydrogen-bond acceptors (Lipinski definition) is 8. The molecule has 1 amide bonds. The minimum atomic E-state index is -0.548. The van der Waals surface area contributed by atoms with Crippen molar-refractivity contribution in [3.63, 3.8) is 0 Å². The van der Waals surface area contributed by atoms with E-state index in [1.54, 1.807) is 42.5 Å². The molecule has 0 saturated carbocycles. The zero-order valence-electron chi connectivity index (χ0n) is 20.7. The van der Waals surface area contributed by atoms with Crippen LogP contribution in [0.2, 0.25) is 5.02 Å². The summed E-state index contributed by atoms with van der Waals surface area (Å²) in [5, 5.41) is 3.45. The molecule has 0 fully saturated rings. The quantitative estimate of drug-likeness (QED) is 0.214. The lowest BCUT2D eigenvalue weighted by Gasteiger charge is -2.18. The van der Waals surface area contributed by atoms with Crippen LogP contribution >= 0.6 is 23.4 Å². The van der Waals surface area contributed by atoms with Crippen LogP contribution in [0.5, 0.6) is 17.2 Å². The summed E-state index contributed by atoms with van der Waals surface area (Å²) in [7, 11) is 4.54. The summed E-state index contributed by atoms with van der Waals surface area (Å²) in [5.41, 5.74) is 0.672. The first-order chi connectivity index (χ1) is 17.9. The number of ether oxygens (including phenoxy) is 3. The summed E-state index contributed by atoms with van der Waals surface area (Å²) in [6, 6.07) is 11.8. The zero-order valence-corrected chi connectivity index (χ0v) is 22.3. The van der Waals surface area contributed by atoms with Crippen LogP contribution in [0.1, 0.15) is 19.1 Å². The number of aromatic nitrogens is 2. The van der Waals surface area contributed by atoms with Gasteiger partial charge in [-0.05, 0) is 42.8 Å². The second-order valence-electron chi connectivity index (χ2n) is 7.94. The maximum Gasteiger partial charge on any atom is 0.262 e. The fraction of sp³-hybridized carbons (Fsp3) is 0.269. The topological polar surface area (TPSA) is 105 Å². The molecule has 0 aliphatic heterocycles. The van der Waals surface area contributed by atoms with Crippen LogP contribution in [-0.4, -0.2) is 42.0 Å². The fourth-order valence-corrected chi connectivity index (χ4v) is 5.00. The number of halogens is 1. The first-order valence-corrected chi connectivity index (χ1v) is 12.6. The molecule has 9 nitrogen and oxygen atoms in total. The number of fused-ring (bicyclic) bond motifs is 1. The van der Waals surface area contributed by atoms with Gasteiger partial charge in [-0.3, -0.25) is 14.2 Å². The van der Waals surface area contributed by atoms with E-state index >= 15 is 0 Å². The second kappa shape index (κ2) is 11.6. The van der Waals surface area contributed by atoms with E-state index in [1.807, 2.05) is 6.92 Å². The van der Waals surface area contributed by atoms with Gasteiger partial charge in [-0.2, -0.15) is 0 Å². The van der Waals surface area contributed by atoms with Gasteiger partial charge in [0.05, 0.1) is 55.3 Å². The maximum absolute atomic E-state index is 13.6. The lowest BCUT2D eigenvalue weighted by atomic mass is 10.2. The molecule has 2 aromatic carbocycles. The number of hydrogen-bond donors (Lipinski definition) is 1. The molecule has 2 heterocycles. The summed E-state index contributed by atoms with van der Waals surface area (Å²) in [6.45, 7) is 2.04. The molecule has 37 heavy (non-hydrogen) atoms. The normalized spacial score (nSPS) is 11.8. The van der Waals surface area contributed by atoms with E-state index in [0.717, 1.165) is 0 Å². The number of amides is 1. The van der Waals surface area contributed by atoms with E-state index < -0.39 is 5.25 Å². The molecule has 4 rings (SSSR count). The van der Waals surface area contributed by atoms with Crippen LogP contribution in [-0.2, 0) is 11.3 Å². The van der Waals surface area contributed by atoms with E-state index in [4.69, 9.17) is 35.2 Å². The van der Waals surface area contributed by atoms with E-state index in [0.29, 0.717) is 56.2 Å². The highest BCUT2D eigenvalue weighted by atomic mass is 35.5. The van der Waals surface area contributed by atoms with Gasteiger partial charge in [0.15, 0.2) is 16.7 Å². The number of nitrogens with zero attached hydrogens (tertiary/aromatic N) is 2. The number of rotatable bonds is 10. The van der Waals surface area contributed by atoms with Crippen molar-refractivity contribution in [1.29, 1.82) is 0 Å². The predicted molar refractivity (Wildman–Crippen MR) is 143 cm³/mol. The van der Waals surface area contributed by atoms with E-state index in [-0.39, 0.29) is 18.0 Å². The smallest absolute Gasteiger partial charge is 0.262 e. The third-order valence-electron chi connectivity index (χ3n) is 5.65. The van der Waals surface area contributed by atoms with Crippen LogP contribution in [0.3, 0.4) is 0 Å². The van der Waals surface area contributed by atoms with Gasteiger partial charge in [-0.25, -0.2) is 4.98 Å². The Bertz CT molecular complexity index is 1470. The molecule has 1 atom stereocenters. The number of carbonyl (C=O) groups is 1. The van der Waals surface area contributed by atoms with Crippen molar-refractivity contribution < 1.29 is 23.4 Å². The van der Waals surface area contributed by atoms with Crippen molar-refractivity contribution in [3.05, 3.63) is 69.9 Å². The summed E-state index contributed by atoms with van der Waals surface area (Å²) in [6.07, 6.45) is 2.03. The lowest BCUT2D eigenvalue weighted by molar-refractivity contribution is -0.115. The molecule has 4 aromatic rings.